The maximum atomic E-state index is 12.3. The predicted octanol–water partition coefficient (Wildman–Crippen LogP) is 2.46. The zero-order valence-corrected chi connectivity index (χ0v) is 12.3. The quantitative estimate of drug-likeness (QED) is 0.453. The fourth-order valence-electron chi connectivity index (χ4n) is 5.64. The Morgan fingerprint density at radius 1 is 1.15 bits per heavy atom. The molecule has 5 aliphatic rings. The highest BCUT2D eigenvalue weighted by Crippen LogP contribution is 2.63. The predicted molar refractivity (Wildman–Crippen MR) is 74.4 cm³/mol. The summed E-state index contributed by atoms with van der Waals surface area (Å²) < 4.78 is 5.58. The van der Waals surface area contributed by atoms with Gasteiger partial charge in [0.05, 0.1) is 13.1 Å². The highest BCUT2D eigenvalue weighted by Gasteiger charge is 2.61. The first-order valence-corrected chi connectivity index (χ1v) is 8.27. The Labute approximate surface area is 120 Å². The van der Waals surface area contributed by atoms with E-state index in [1.54, 1.807) is 0 Å². The fraction of sp³-hybridized carbons (Fsp3) is 0.938. The standard InChI is InChI=1S/C16H25NO3/c1-16(13-6-11-7-14(16)9-12(11)8-13)20-15(18)10-17(19)4-2-3-5-17/h11-14H,2-10H2,1H3. The lowest BCUT2D eigenvalue weighted by molar-refractivity contribution is -0.860. The van der Waals surface area contributed by atoms with Gasteiger partial charge in [-0.05, 0) is 56.3 Å². The fourth-order valence-corrected chi connectivity index (χ4v) is 5.64. The van der Waals surface area contributed by atoms with Gasteiger partial charge in [0.1, 0.15) is 5.60 Å². The van der Waals surface area contributed by atoms with Crippen molar-refractivity contribution in [2.24, 2.45) is 23.7 Å². The van der Waals surface area contributed by atoms with Gasteiger partial charge in [0.2, 0.25) is 0 Å². The number of hydroxylamine groups is 3. The largest absolute Gasteiger partial charge is 0.632 e. The van der Waals surface area contributed by atoms with Gasteiger partial charge in [0.15, 0.2) is 6.54 Å². The number of hydrogen-bond donors (Lipinski definition) is 0. The molecule has 4 bridgehead atoms. The smallest absolute Gasteiger partial charge is 0.362 e. The molecule has 112 valence electrons. The molecule has 4 aliphatic carbocycles. The van der Waals surface area contributed by atoms with Crippen LogP contribution in [0.5, 0.6) is 0 Å². The molecular formula is C16H25NO3. The van der Waals surface area contributed by atoms with E-state index in [0.29, 0.717) is 24.9 Å². The third-order valence-corrected chi connectivity index (χ3v) is 6.77. The summed E-state index contributed by atoms with van der Waals surface area (Å²) in [4.78, 5) is 12.3. The van der Waals surface area contributed by atoms with Crippen LogP contribution in [0.3, 0.4) is 0 Å². The molecular weight excluding hydrogens is 254 g/mol. The summed E-state index contributed by atoms with van der Waals surface area (Å²) in [5, 5.41) is 12.3. The number of hydrogen-bond acceptors (Lipinski definition) is 3. The highest BCUT2D eigenvalue weighted by molar-refractivity contribution is 5.71. The van der Waals surface area contributed by atoms with Gasteiger partial charge < -0.3 is 14.6 Å². The average molecular weight is 279 g/mol. The van der Waals surface area contributed by atoms with Crippen LogP contribution >= 0.6 is 0 Å². The Morgan fingerprint density at radius 3 is 2.15 bits per heavy atom. The van der Waals surface area contributed by atoms with Crippen LogP contribution in [-0.2, 0) is 9.53 Å². The van der Waals surface area contributed by atoms with Crippen molar-refractivity contribution in [1.82, 2.24) is 0 Å². The number of ether oxygens (including phenoxy) is 1. The Bertz CT molecular complexity index is 399. The molecule has 5 rings (SSSR count). The first-order valence-electron chi connectivity index (χ1n) is 8.27. The van der Waals surface area contributed by atoms with Crippen LogP contribution in [0.2, 0.25) is 0 Å². The SMILES string of the molecule is CC1(OC(=O)C[N+]2([O-])CCCC2)C2CC3CC1CC3C2. The molecule has 1 heterocycles. The van der Waals surface area contributed by atoms with Crippen molar-refractivity contribution in [3.63, 3.8) is 0 Å². The molecule has 4 saturated carbocycles. The third-order valence-electron chi connectivity index (χ3n) is 6.77. The van der Waals surface area contributed by atoms with Crippen molar-refractivity contribution in [2.75, 3.05) is 19.6 Å². The number of carbonyl (C=O) groups excluding carboxylic acids is 1. The summed E-state index contributed by atoms with van der Waals surface area (Å²) in [6.45, 7) is 3.34. The molecule has 0 spiro atoms. The Morgan fingerprint density at radius 2 is 1.65 bits per heavy atom. The Kier molecular flexibility index (Phi) is 2.75. The van der Waals surface area contributed by atoms with Gasteiger partial charge in [-0.3, -0.25) is 0 Å². The van der Waals surface area contributed by atoms with Gasteiger partial charge in [-0.2, -0.15) is 0 Å². The lowest BCUT2D eigenvalue weighted by Gasteiger charge is -2.46. The van der Waals surface area contributed by atoms with Crippen LogP contribution in [-0.4, -0.2) is 35.9 Å². The molecule has 0 unspecified atom stereocenters. The second kappa shape index (κ2) is 4.20. The summed E-state index contributed by atoms with van der Waals surface area (Å²) in [5.41, 5.74) is -0.278. The summed E-state index contributed by atoms with van der Waals surface area (Å²) in [5.74, 6) is 2.64. The van der Waals surface area contributed by atoms with E-state index in [2.05, 4.69) is 6.92 Å². The summed E-state index contributed by atoms with van der Waals surface area (Å²) in [6.07, 6.45) is 6.85. The van der Waals surface area contributed by atoms with E-state index in [9.17, 15) is 10.0 Å². The zero-order valence-electron chi connectivity index (χ0n) is 12.3. The van der Waals surface area contributed by atoms with Crippen molar-refractivity contribution in [3.8, 4) is 0 Å². The van der Waals surface area contributed by atoms with E-state index in [0.717, 1.165) is 24.7 Å². The molecule has 1 aliphatic heterocycles. The van der Waals surface area contributed by atoms with Crippen molar-refractivity contribution < 1.29 is 14.2 Å². The monoisotopic (exact) mass is 279 g/mol. The summed E-state index contributed by atoms with van der Waals surface area (Å²) in [7, 11) is 0. The van der Waals surface area contributed by atoms with Crippen LogP contribution in [0, 0.1) is 28.9 Å². The average Bonchev–Trinajstić information content (AvgIpc) is 2.98. The van der Waals surface area contributed by atoms with Gasteiger partial charge in [0.25, 0.3) is 0 Å². The molecule has 20 heavy (non-hydrogen) atoms. The third kappa shape index (κ3) is 1.84. The molecule has 4 nitrogen and oxygen atoms in total. The van der Waals surface area contributed by atoms with Crippen LogP contribution in [0.15, 0.2) is 0 Å². The minimum Gasteiger partial charge on any atom is -0.632 e. The molecule has 0 radical (unpaired) electrons. The maximum absolute atomic E-state index is 12.3. The van der Waals surface area contributed by atoms with Crippen molar-refractivity contribution in [1.29, 1.82) is 0 Å². The van der Waals surface area contributed by atoms with Gasteiger partial charge in [-0.25, -0.2) is 4.79 Å². The molecule has 0 aromatic heterocycles. The Balaban J connectivity index is 1.44. The Hall–Kier alpha value is -0.610. The van der Waals surface area contributed by atoms with Crippen molar-refractivity contribution in [3.05, 3.63) is 5.21 Å². The molecule has 1 saturated heterocycles. The lowest BCUT2D eigenvalue weighted by Crippen LogP contribution is -2.51. The van der Waals surface area contributed by atoms with Crippen LogP contribution in [0.1, 0.15) is 45.4 Å². The molecule has 5 fully saturated rings. The first-order chi connectivity index (χ1) is 9.48. The number of rotatable bonds is 3. The van der Waals surface area contributed by atoms with E-state index in [1.165, 1.54) is 25.7 Å². The van der Waals surface area contributed by atoms with E-state index in [4.69, 9.17) is 4.74 Å². The second-order valence-corrected chi connectivity index (χ2v) is 7.89. The zero-order chi connectivity index (χ0) is 14.0. The first kappa shape index (κ1) is 13.1. The van der Waals surface area contributed by atoms with E-state index in [1.807, 2.05) is 0 Å². The number of carbonyl (C=O) groups is 1. The van der Waals surface area contributed by atoms with Crippen LogP contribution in [0.25, 0.3) is 0 Å². The highest BCUT2D eigenvalue weighted by atomic mass is 16.6. The van der Waals surface area contributed by atoms with Gasteiger partial charge >= 0.3 is 5.97 Å². The number of esters is 1. The molecule has 0 atom stereocenters. The number of nitrogens with zero attached hydrogens (tertiary/aromatic N) is 1. The van der Waals surface area contributed by atoms with E-state index >= 15 is 0 Å². The number of quaternary nitrogens is 1. The normalized spacial score (nSPS) is 47.9. The minimum absolute atomic E-state index is 0.0296. The summed E-state index contributed by atoms with van der Waals surface area (Å²) >= 11 is 0. The minimum atomic E-state index is -0.352. The molecule has 0 aromatic carbocycles. The van der Waals surface area contributed by atoms with E-state index < -0.39 is 0 Å². The summed E-state index contributed by atoms with van der Waals surface area (Å²) in [6, 6.07) is 0. The number of likely N-dealkylation sites (tertiary alicyclic amines) is 1. The molecule has 0 aromatic rings. The van der Waals surface area contributed by atoms with Gasteiger partial charge in [-0.15, -0.1) is 0 Å². The molecule has 0 N–H and O–H groups in total. The molecule has 4 heteroatoms. The van der Waals surface area contributed by atoms with Crippen LogP contribution in [0.4, 0.5) is 0 Å². The lowest BCUT2D eigenvalue weighted by atomic mass is 9.69. The van der Waals surface area contributed by atoms with Crippen molar-refractivity contribution >= 4 is 5.97 Å². The second-order valence-electron chi connectivity index (χ2n) is 7.89. The van der Waals surface area contributed by atoms with Crippen LogP contribution < -0.4 is 0 Å². The van der Waals surface area contributed by atoms with E-state index in [-0.39, 0.29) is 22.8 Å². The van der Waals surface area contributed by atoms with Crippen molar-refractivity contribution in [2.45, 2.75) is 51.0 Å². The molecule has 0 amide bonds. The topological polar surface area (TPSA) is 49.4 Å². The van der Waals surface area contributed by atoms with Gasteiger partial charge in [-0.1, -0.05) is 0 Å². The van der Waals surface area contributed by atoms with Gasteiger partial charge in [0, 0.05) is 12.8 Å². The maximum Gasteiger partial charge on any atom is 0.362 e.